The van der Waals surface area contributed by atoms with Crippen LogP contribution < -0.4 is 4.68 Å². The Morgan fingerprint density at radius 1 is 1.04 bits per heavy atom. The van der Waals surface area contributed by atoms with Crippen LogP contribution in [0.3, 0.4) is 0 Å². The van der Waals surface area contributed by atoms with Crippen LogP contribution in [0.2, 0.25) is 0 Å². The van der Waals surface area contributed by atoms with E-state index in [9.17, 15) is 43.5 Å². The summed E-state index contributed by atoms with van der Waals surface area (Å²) < 4.78 is 125. The maximum Gasteiger partial charge on any atom is 0.438 e. The number of aromatic nitrogens is 2. The average Bonchev–Trinajstić information content (AvgIpc) is 2.37. The van der Waals surface area contributed by atoms with Crippen LogP contribution in [-0.4, -0.2) is 37.3 Å². The van der Waals surface area contributed by atoms with E-state index in [1.165, 1.54) is 0 Å². The van der Waals surface area contributed by atoms with Gasteiger partial charge in [0.2, 0.25) is 10.0 Å². The van der Waals surface area contributed by atoms with Gasteiger partial charge < -0.3 is 4.83 Å². The second-order valence-electron chi connectivity index (χ2n) is 3.68. The van der Waals surface area contributed by atoms with Crippen molar-refractivity contribution >= 4 is 10.0 Å². The Balaban J connectivity index is 3.12. The molecule has 0 aliphatic rings. The molecule has 0 atom stereocenters. The zero-order valence-corrected chi connectivity index (χ0v) is 11.2. The Bertz CT molecular complexity index is 639. The average molecular weight is 375 g/mol. The van der Waals surface area contributed by atoms with E-state index in [4.69, 9.17) is 0 Å². The summed E-state index contributed by atoms with van der Waals surface area (Å²) in [6.07, 6.45) is -14.5. The van der Waals surface area contributed by atoms with E-state index in [1.807, 2.05) is 4.74 Å². The molecule has 0 aliphatic carbocycles. The number of nitrogens with zero attached hydrogens (tertiary/aromatic N) is 3. The number of alkyl halides is 8. The first-order valence-electron chi connectivity index (χ1n) is 5.14. The molecule has 6 nitrogen and oxygen atoms in total. The molecule has 0 radical (unpaired) electrons. The molecule has 0 spiro atoms. The first-order valence-corrected chi connectivity index (χ1v) is 6.58. The molecule has 0 fully saturated rings. The second kappa shape index (κ2) is 6.03. The lowest BCUT2D eigenvalue weighted by molar-refractivity contribution is -0.615. The van der Waals surface area contributed by atoms with Crippen molar-refractivity contribution in [3.05, 3.63) is 29.6 Å². The summed E-state index contributed by atoms with van der Waals surface area (Å²) >= 11 is 0. The van der Waals surface area contributed by atoms with Gasteiger partial charge in [0.05, 0.1) is 12.4 Å². The molecule has 0 saturated carbocycles. The van der Waals surface area contributed by atoms with Gasteiger partial charge >= 0.3 is 23.9 Å². The third-order valence-corrected chi connectivity index (χ3v) is 3.28. The van der Waals surface area contributed by atoms with Crippen molar-refractivity contribution in [3.63, 3.8) is 0 Å². The van der Waals surface area contributed by atoms with Crippen LogP contribution in [0.25, 0.3) is 4.83 Å². The van der Waals surface area contributed by atoms with Gasteiger partial charge in [-0.05, 0) is 0 Å². The van der Waals surface area contributed by atoms with Crippen LogP contribution in [0.1, 0.15) is 0 Å². The van der Waals surface area contributed by atoms with Gasteiger partial charge in [-0.15, -0.1) is 0 Å². The van der Waals surface area contributed by atoms with Gasteiger partial charge in [0.25, 0.3) is 0 Å². The van der Waals surface area contributed by atoms with Crippen molar-refractivity contribution in [2.75, 3.05) is 0 Å². The Hall–Kier alpha value is -1.77. The van der Waals surface area contributed by atoms with Crippen LogP contribution in [0.15, 0.2) is 24.8 Å². The van der Waals surface area contributed by atoms with Crippen LogP contribution in [0.5, 0.6) is 0 Å². The number of hydrogen-bond donors (Lipinski definition) is 0. The largest absolute Gasteiger partial charge is 0.438 e. The third-order valence-electron chi connectivity index (χ3n) is 1.99. The minimum absolute atomic E-state index is 0.0948. The van der Waals surface area contributed by atoms with Crippen LogP contribution >= 0.6 is 0 Å². The Kier molecular flexibility index (Phi) is 5.05. The lowest BCUT2D eigenvalue weighted by Crippen LogP contribution is -2.54. The van der Waals surface area contributed by atoms with Gasteiger partial charge in [-0.1, -0.05) is 0 Å². The number of halogens is 8. The molecule has 1 aromatic rings. The maximum atomic E-state index is 13.3. The van der Waals surface area contributed by atoms with Crippen molar-refractivity contribution in [2.24, 2.45) is 0 Å². The number of rotatable bonds is 7. The minimum atomic E-state index is -6.50. The van der Waals surface area contributed by atoms with Gasteiger partial charge in [0.1, 0.15) is 0 Å². The minimum Gasteiger partial charge on any atom is -0.317 e. The predicted octanol–water partition coefficient (Wildman–Crippen LogP) is 1.90. The van der Waals surface area contributed by atoms with Gasteiger partial charge in [0, 0.05) is 0 Å². The van der Waals surface area contributed by atoms with E-state index in [1.54, 1.807) is 0 Å². The van der Waals surface area contributed by atoms with Crippen molar-refractivity contribution in [2.45, 2.75) is 23.9 Å². The lowest BCUT2D eigenvalue weighted by Gasteiger charge is -2.31. The molecule has 0 N–H and O–H groups in total. The quantitative estimate of drug-likeness (QED) is 0.539. The molecule has 1 heterocycles. The molecular formula is C8H5F8N3O3S. The SMILES string of the molecule is O=S(=O)([N-][n+]1ccncc1)C(F)(F)C(F)(F)OC(F)(F)C(F)F. The highest BCUT2D eigenvalue weighted by Crippen LogP contribution is 2.45. The van der Waals surface area contributed by atoms with Crippen LogP contribution in [-0.2, 0) is 14.8 Å². The van der Waals surface area contributed by atoms with Crippen molar-refractivity contribution in [1.82, 2.24) is 4.98 Å². The third kappa shape index (κ3) is 3.95. The zero-order chi connectivity index (χ0) is 18.1. The Morgan fingerprint density at radius 3 is 1.96 bits per heavy atom. The normalized spacial score (nSPS) is 14.1. The number of sulfonamides is 1. The summed E-state index contributed by atoms with van der Waals surface area (Å²) in [6.45, 7) is 0. The predicted molar refractivity (Wildman–Crippen MR) is 54.0 cm³/mol. The fourth-order valence-electron chi connectivity index (χ4n) is 0.968. The summed E-state index contributed by atoms with van der Waals surface area (Å²) in [4.78, 5) is 5.55. The van der Waals surface area contributed by atoms with Gasteiger partial charge in [-0.2, -0.15) is 26.3 Å². The molecular weight excluding hydrogens is 370 g/mol. The second-order valence-corrected chi connectivity index (χ2v) is 5.31. The van der Waals surface area contributed by atoms with Crippen molar-refractivity contribution in [3.8, 4) is 0 Å². The van der Waals surface area contributed by atoms with Gasteiger partial charge in [-0.3, -0.25) is 4.98 Å². The molecule has 23 heavy (non-hydrogen) atoms. The first-order chi connectivity index (χ1) is 10.2. The van der Waals surface area contributed by atoms with Crippen LogP contribution in [0, 0.1) is 0 Å². The number of hydrogen-bond acceptors (Lipinski definition) is 4. The van der Waals surface area contributed by atoms with Crippen LogP contribution in [0.4, 0.5) is 35.1 Å². The highest BCUT2D eigenvalue weighted by Gasteiger charge is 2.69. The molecule has 0 saturated heterocycles. The summed E-state index contributed by atoms with van der Waals surface area (Å²) in [5.74, 6) is 0. The summed E-state index contributed by atoms with van der Waals surface area (Å²) in [7, 11) is -6.50. The van der Waals surface area contributed by atoms with Crippen molar-refractivity contribution < 1.29 is 53.0 Å². The molecule has 1 rings (SSSR count). The zero-order valence-electron chi connectivity index (χ0n) is 10.4. The molecule has 0 aliphatic heterocycles. The highest BCUT2D eigenvalue weighted by molar-refractivity contribution is 7.94. The molecule has 15 heteroatoms. The first kappa shape index (κ1) is 19.3. The molecule has 0 unspecified atom stereocenters. The van der Waals surface area contributed by atoms with Gasteiger partial charge in [-0.25, -0.2) is 26.6 Å². The standard InChI is InChI=1S/C8H5F8N3O3S/c9-5(10)6(11,12)22-7(13,14)8(15,16)23(20,21)18-19-3-1-17-2-4-19/h1-5H. The lowest BCUT2D eigenvalue weighted by atomic mass is 10.6. The van der Waals surface area contributed by atoms with E-state index < -0.39 is 33.9 Å². The Morgan fingerprint density at radius 2 is 1.52 bits per heavy atom. The summed E-state index contributed by atoms with van der Waals surface area (Å²) in [6, 6.07) is 0. The van der Waals surface area contributed by atoms with E-state index >= 15 is 0 Å². The fourth-order valence-corrected chi connectivity index (χ4v) is 1.77. The maximum absolute atomic E-state index is 13.3. The number of ether oxygens (including phenoxy) is 1. The van der Waals surface area contributed by atoms with Gasteiger partial charge in [0.15, 0.2) is 12.4 Å². The molecule has 132 valence electrons. The van der Waals surface area contributed by atoms with E-state index in [0.29, 0.717) is 12.4 Å². The van der Waals surface area contributed by atoms with E-state index in [-0.39, 0.29) is 4.68 Å². The van der Waals surface area contributed by atoms with E-state index in [2.05, 4.69) is 9.82 Å². The fraction of sp³-hybridized carbons (Fsp3) is 0.500. The Labute approximate surface area is 122 Å². The highest BCUT2D eigenvalue weighted by atomic mass is 32.2. The molecule has 0 amide bonds. The molecule has 1 aromatic heterocycles. The van der Waals surface area contributed by atoms with E-state index in [0.717, 1.165) is 12.4 Å². The molecule has 0 aromatic carbocycles. The van der Waals surface area contributed by atoms with Crippen molar-refractivity contribution in [1.29, 1.82) is 0 Å². The smallest absolute Gasteiger partial charge is 0.317 e. The summed E-state index contributed by atoms with van der Waals surface area (Å²) in [5.41, 5.74) is 0. The molecule has 0 bridgehead atoms. The topological polar surface area (TPSA) is 74.2 Å². The monoisotopic (exact) mass is 375 g/mol. The summed E-state index contributed by atoms with van der Waals surface area (Å²) in [5, 5.41) is -6.37.